The number of hydrogen-bond donors (Lipinski definition) is 2. The second kappa shape index (κ2) is 25.7. The zero-order valence-electron chi connectivity index (χ0n) is 24.6. The zero-order valence-corrected chi connectivity index (χ0v) is 25.5. The van der Waals surface area contributed by atoms with E-state index in [1.807, 2.05) is 13.8 Å². The first kappa shape index (κ1) is 36.4. The number of allylic oxidation sites excluding steroid dienone is 2. The Labute approximate surface area is 230 Å². The fraction of sp³-hybridized carbons (Fsp3) is 0.903. The molecule has 0 aromatic carbocycles. The molecule has 0 rings (SSSR count). The molecule has 2 unspecified atom stereocenters. The van der Waals surface area contributed by atoms with Gasteiger partial charge in [-0.15, -0.1) is 0 Å². The van der Waals surface area contributed by atoms with Gasteiger partial charge in [-0.3, -0.25) is 4.79 Å². The van der Waals surface area contributed by atoms with Gasteiger partial charge in [0, 0.05) is 12.5 Å². The molecule has 0 fully saturated rings. The largest absolute Gasteiger partial charge is 0.593 e. The van der Waals surface area contributed by atoms with Gasteiger partial charge in [0.05, 0.1) is 6.54 Å². The van der Waals surface area contributed by atoms with Crippen molar-refractivity contribution < 1.29 is 19.4 Å². The van der Waals surface area contributed by atoms with Crippen LogP contribution in [0.25, 0.3) is 0 Å². The second-order valence-electron chi connectivity index (χ2n) is 10.8. The molecular weight excluding hydrogens is 481 g/mol. The predicted octanol–water partition coefficient (Wildman–Crippen LogP) is 8.50. The van der Waals surface area contributed by atoms with Crippen LogP contribution in [-0.2, 0) is 9.36 Å². The van der Waals surface area contributed by atoms with Crippen LogP contribution in [-0.4, -0.2) is 28.8 Å². The number of unbranched alkanes of at least 4 members (excludes halogenated alkanes) is 17. The van der Waals surface area contributed by atoms with Gasteiger partial charge in [-0.25, -0.2) is 0 Å². The van der Waals surface area contributed by atoms with Crippen LogP contribution in [0.3, 0.4) is 0 Å². The average Bonchev–Trinajstić information content (AvgIpc) is 2.89. The lowest BCUT2D eigenvalue weighted by Gasteiger charge is -2.22. The highest BCUT2D eigenvalue weighted by molar-refractivity contribution is 7.39. The van der Waals surface area contributed by atoms with E-state index in [0.717, 1.165) is 32.1 Å². The molecule has 0 radical (unpaired) electrons. The molecule has 0 saturated heterocycles. The van der Waals surface area contributed by atoms with E-state index in [0.29, 0.717) is 6.42 Å². The van der Waals surface area contributed by atoms with Crippen molar-refractivity contribution in [3.05, 3.63) is 12.2 Å². The summed E-state index contributed by atoms with van der Waals surface area (Å²) in [5, 5.41) is 11.2. The maximum atomic E-state index is 12.4. The molecule has 0 aliphatic carbocycles. The first-order valence-corrected chi connectivity index (χ1v) is 16.9. The second-order valence-corrected chi connectivity index (χ2v) is 12.1. The molecule has 5 nitrogen and oxygen atoms in total. The van der Waals surface area contributed by atoms with Gasteiger partial charge in [-0.05, 0) is 44.9 Å². The molecule has 0 aliphatic heterocycles. The number of carbonyl (C=O) groups excluding carboxylic acids is 1. The Morgan fingerprint density at radius 1 is 0.757 bits per heavy atom. The van der Waals surface area contributed by atoms with Gasteiger partial charge < -0.3 is 15.3 Å². The highest BCUT2D eigenvalue weighted by atomic mass is 31.1. The Balaban J connectivity index is 3.60. The fourth-order valence-electron chi connectivity index (χ4n) is 4.75. The molecule has 0 spiro atoms. The molecule has 0 aliphatic rings. The van der Waals surface area contributed by atoms with Crippen molar-refractivity contribution in [2.24, 2.45) is 0 Å². The van der Waals surface area contributed by atoms with E-state index in [9.17, 15) is 19.4 Å². The van der Waals surface area contributed by atoms with Gasteiger partial charge in [0.25, 0.3) is 0 Å². The molecule has 37 heavy (non-hydrogen) atoms. The standard InChI is InChI=1S/C31H60NO4P/c1-4-7-8-9-10-11-12-13-14-15-16-17-18-19-20-21-22-23-24-25-26-27-30(33)31(34,37(35)36)28-32-29(5-2)6-3/h13-14,29,32,34H,4-12,15-28H2,1-3H3/b14-13-. The smallest absolute Gasteiger partial charge is 0.354 e. The molecule has 0 saturated carbocycles. The molecule has 0 aromatic rings. The Morgan fingerprint density at radius 2 is 1.16 bits per heavy atom. The summed E-state index contributed by atoms with van der Waals surface area (Å²) < 4.78 is 11.6. The molecule has 218 valence electrons. The monoisotopic (exact) mass is 541 g/mol. The summed E-state index contributed by atoms with van der Waals surface area (Å²) in [6.07, 6.45) is 30.2. The van der Waals surface area contributed by atoms with Crippen LogP contribution in [0.4, 0.5) is 0 Å². The summed E-state index contributed by atoms with van der Waals surface area (Å²) in [4.78, 5) is 24.0. The third kappa shape index (κ3) is 20.0. The van der Waals surface area contributed by atoms with Gasteiger partial charge >= 0.3 is 13.4 Å². The summed E-state index contributed by atoms with van der Waals surface area (Å²) in [5.74, 6) is -0.574. The molecule has 2 N–H and O–H groups in total. The molecular formula is C31H60NO4P. The van der Waals surface area contributed by atoms with Crippen LogP contribution >= 0.6 is 8.03 Å². The zero-order chi connectivity index (χ0) is 27.6. The lowest BCUT2D eigenvalue weighted by molar-refractivity contribution is -0.180. The first-order valence-electron chi connectivity index (χ1n) is 15.7. The van der Waals surface area contributed by atoms with E-state index in [4.69, 9.17) is 0 Å². The summed E-state index contributed by atoms with van der Waals surface area (Å²) in [6, 6.07) is 0.107. The number of ketones is 1. The molecule has 0 amide bonds. The first-order chi connectivity index (χ1) is 17.9. The number of aliphatic hydroxyl groups is 1. The quantitative estimate of drug-likeness (QED) is 0.0589. The number of hydrogen-bond acceptors (Lipinski definition) is 5. The van der Waals surface area contributed by atoms with Gasteiger partial charge in [-0.2, -0.15) is 0 Å². The van der Waals surface area contributed by atoms with Crippen LogP contribution in [0.15, 0.2) is 12.2 Å². The molecule has 0 heterocycles. The van der Waals surface area contributed by atoms with Crippen molar-refractivity contribution in [3.63, 3.8) is 0 Å². The van der Waals surface area contributed by atoms with Crippen molar-refractivity contribution in [3.8, 4) is 0 Å². The van der Waals surface area contributed by atoms with Gasteiger partial charge in [0.15, 0.2) is 0 Å². The third-order valence-electron chi connectivity index (χ3n) is 7.54. The minimum absolute atomic E-state index is 0.107. The van der Waals surface area contributed by atoms with Gasteiger partial charge in [0.1, 0.15) is 0 Å². The highest BCUT2D eigenvalue weighted by Crippen LogP contribution is 2.31. The number of rotatable bonds is 28. The Kier molecular flexibility index (Phi) is 25.2. The lowest BCUT2D eigenvalue weighted by atomic mass is 10.0. The number of carbonyl (C=O) groups is 1. The Bertz CT molecular complexity index is 580. The summed E-state index contributed by atoms with van der Waals surface area (Å²) >= 11 is 0. The van der Waals surface area contributed by atoms with Crippen molar-refractivity contribution in [1.29, 1.82) is 0 Å². The highest BCUT2D eigenvalue weighted by Gasteiger charge is 2.48. The van der Waals surface area contributed by atoms with Gasteiger partial charge in [-0.1, -0.05) is 127 Å². The van der Waals surface area contributed by atoms with Crippen LogP contribution < -0.4 is 10.2 Å². The fourth-order valence-corrected chi connectivity index (χ4v) is 5.28. The average molecular weight is 542 g/mol. The molecule has 0 aromatic heterocycles. The predicted molar refractivity (Wildman–Crippen MR) is 157 cm³/mol. The maximum absolute atomic E-state index is 12.4. The minimum Gasteiger partial charge on any atom is -0.593 e. The molecule has 0 bridgehead atoms. The minimum atomic E-state index is -3.23. The van der Waals surface area contributed by atoms with Crippen LogP contribution in [0, 0.1) is 0 Å². The van der Waals surface area contributed by atoms with Crippen molar-refractivity contribution in [2.75, 3.05) is 6.54 Å². The third-order valence-corrected chi connectivity index (χ3v) is 8.55. The van der Waals surface area contributed by atoms with Crippen molar-refractivity contribution >= 4 is 13.8 Å². The maximum Gasteiger partial charge on any atom is 0.354 e. The van der Waals surface area contributed by atoms with E-state index >= 15 is 0 Å². The SMILES string of the molecule is CCCCCCCC/C=C\CCCCCCCCCCCCCC(=O)C(O)(CNC(CC)CC)[P+](=O)[O-]. The number of Topliss-reactive ketones (excluding diaryl/α,β-unsaturated/α-hetero) is 1. The van der Waals surface area contributed by atoms with E-state index in [-0.39, 0.29) is 19.0 Å². The van der Waals surface area contributed by atoms with Crippen LogP contribution in [0.5, 0.6) is 0 Å². The van der Waals surface area contributed by atoms with Crippen LogP contribution in [0.2, 0.25) is 0 Å². The number of nitrogens with one attached hydrogen (secondary N) is 1. The normalized spacial score (nSPS) is 13.9. The topological polar surface area (TPSA) is 89.5 Å². The van der Waals surface area contributed by atoms with E-state index < -0.39 is 19.2 Å². The van der Waals surface area contributed by atoms with Crippen molar-refractivity contribution in [1.82, 2.24) is 5.32 Å². The van der Waals surface area contributed by atoms with E-state index in [1.165, 1.54) is 96.3 Å². The summed E-state index contributed by atoms with van der Waals surface area (Å²) in [5.41, 5.74) is 0. The van der Waals surface area contributed by atoms with Crippen molar-refractivity contribution in [2.45, 2.75) is 173 Å². The van der Waals surface area contributed by atoms with E-state index in [2.05, 4.69) is 24.4 Å². The Morgan fingerprint density at radius 3 is 1.57 bits per heavy atom. The Hall–Kier alpha value is -0.610. The molecule has 6 heteroatoms. The van der Waals surface area contributed by atoms with Crippen LogP contribution in [0.1, 0.15) is 162 Å². The van der Waals surface area contributed by atoms with E-state index in [1.54, 1.807) is 0 Å². The summed E-state index contributed by atoms with van der Waals surface area (Å²) in [7, 11) is -3.23. The summed E-state index contributed by atoms with van der Waals surface area (Å²) in [6.45, 7) is 6.05. The lowest BCUT2D eigenvalue weighted by Crippen LogP contribution is -2.48. The van der Waals surface area contributed by atoms with Gasteiger partial charge in [0.2, 0.25) is 5.78 Å². The molecule has 2 atom stereocenters.